The number of hydrogen-bond donors (Lipinski definition) is 1. The van der Waals surface area contributed by atoms with Crippen molar-refractivity contribution in [3.63, 3.8) is 0 Å². The highest BCUT2D eigenvalue weighted by Gasteiger charge is 2.43. The number of benzene rings is 2. The van der Waals surface area contributed by atoms with E-state index in [2.05, 4.69) is 17.3 Å². The average molecular weight is 358 g/mol. The lowest BCUT2D eigenvalue weighted by atomic mass is 10.2. The molecule has 2 fully saturated rings. The Morgan fingerprint density at radius 3 is 2.24 bits per heavy atom. The number of halogens is 1. The number of urea groups is 1. The van der Waals surface area contributed by atoms with Crippen molar-refractivity contribution in [2.45, 2.75) is 18.5 Å². The van der Waals surface area contributed by atoms with Crippen LogP contribution in [-0.2, 0) is 0 Å². The first kappa shape index (κ1) is 16.2. The van der Waals surface area contributed by atoms with Crippen LogP contribution in [0.4, 0.5) is 10.5 Å². The summed E-state index contributed by atoms with van der Waals surface area (Å²) in [6.45, 7) is 1.77. The number of carbonyl (C=O) groups is 1. The summed E-state index contributed by atoms with van der Waals surface area (Å²) in [4.78, 5) is 16.7. The summed E-state index contributed by atoms with van der Waals surface area (Å²) < 4.78 is 5.76. The number of carbonyl (C=O) groups excluding carboxylic acids is 1. The summed E-state index contributed by atoms with van der Waals surface area (Å²) >= 11 is 5.87. The number of rotatable bonds is 3. The van der Waals surface area contributed by atoms with Gasteiger partial charge in [0.2, 0.25) is 0 Å². The first-order valence-electron chi connectivity index (χ1n) is 8.40. The van der Waals surface area contributed by atoms with Gasteiger partial charge in [0.15, 0.2) is 0 Å². The normalized spacial score (nSPS) is 22.2. The van der Waals surface area contributed by atoms with Crippen LogP contribution in [0.25, 0.3) is 0 Å². The van der Waals surface area contributed by atoms with E-state index in [1.165, 1.54) is 0 Å². The van der Waals surface area contributed by atoms with Gasteiger partial charge in [0.1, 0.15) is 11.5 Å². The van der Waals surface area contributed by atoms with Crippen LogP contribution < -0.4 is 10.1 Å². The van der Waals surface area contributed by atoms with Crippen LogP contribution in [0.1, 0.15) is 6.42 Å². The van der Waals surface area contributed by atoms with Crippen LogP contribution in [0.5, 0.6) is 11.5 Å². The van der Waals surface area contributed by atoms with Gasteiger partial charge in [0.25, 0.3) is 0 Å². The molecule has 25 heavy (non-hydrogen) atoms. The quantitative estimate of drug-likeness (QED) is 0.901. The fourth-order valence-corrected chi connectivity index (χ4v) is 3.68. The molecule has 2 atom stereocenters. The second-order valence-electron chi connectivity index (χ2n) is 6.65. The topological polar surface area (TPSA) is 44.8 Å². The number of likely N-dealkylation sites (N-methyl/N-ethyl adjacent to an activating group) is 1. The zero-order valence-electron chi connectivity index (χ0n) is 14.0. The van der Waals surface area contributed by atoms with Gasteiger partial charge < -0.3 is 15.0 Å². The number of hydrogen-bond acceptors (Lipinski definition) is 3. The molecule has 0 radical (unpaired) electrons. The highest BCUT2D eigenvalue weighted by atomic mass is 35.5. The number of nitrogens with one attached hydrogen (secondary N) is 1. The number of ether oxygens (including phenoxy) is 1. The Labute approximate surface area is 152 Å². The van der Waals surface area contributed by atoms with Crippen molar-refractivity contribution >= 4 is 23.3 Å². The molecular weight excluding hydrogens is 338 g/mol. The monoisotopic (exact) mass is 357 g/mol. The molecule has 0 unspecified atom stereocenters. The minimum absolute atomic E-state index is 0.0213. The van der Waals surface area contributed by atoms with E-state index in [4.69, 9.17) is 16.3 Å². The Bertz CT molecular complexity index is 761. The van der Waals surface area contributed by atoms with Crippen molar-refractivity contribution in [2.24, 2.45) is 0 Å². The van der Waals surface area contributed by atoms with E-state index in [0.717, 1.165) is 30.9 Å². The van der Waals surface area contributed by atoms with Gasteiger partial charge in [0, 0.05) is 35.9 Å². The Hall–Kier alpha value is -2.24. The predicted octanol–water partition coefficient (Wildman–Crippen LogP) is 4.05. The maximum atomic E-state index is 12.5. The van der Waals surface area contributed by atoms with Gasteiger partial charge in [0.05, 0.1) is 0 Å². The molecule has 1 N–H and O–H groups in total. The molecule has 2 aliphatic rings. The second kappa shape index (κ2) is 6.58. The summed E-state index contributed by atoms with van der Waals surface area (Å²) in [7, 11) is 2.12. The third-order valence-corrected chi connectivity index (χ3v) is 5.18. The molecule has 2 aromatic carbocycles. The molecule has 0 saturated carbocycles. The molecule has 130 valence electrons. The Balaban J connectivity index is 1.36. The first-order valence-corrected chi connectivity index (χ1v) is 8.77. The van der Waals surface area contributed by atoms with Crippen molar-refractivity contribution in [1.82, 2.24) is 9.80 Å². The molecule has 2 saturated heterocycles. The molecule has 2 aromatic rings. The highest BCUT2D eigenvalue weighted by molar-refractivity contribution is 6.30. The van der Waals surface area contributed by atoms with Crippen molar-refractivity contribution < 1.29 is 9.53 Å². The Morgan fingerprint density at radius 1 is 1.04 bits per heavy atom. The molecular formula is C19H20ClN3O2. The maximum Gasteiger partial charge on any atom is 0.322 e. The fraction of sp³-hybridized carbons (Fsp3) is 0.316. The number of amides is 2. The van der Waals surface area contributed by atoms with Gasteiger partial charge in [-0.25, -0.2) is 4.79 Å². The largest absolute Gasteiger partial charge is 0.457 e. The average Bonchev–Trinajstić information content (AvgIpc) is 3.18. The lowest BCUT2D eigenvalue weighted by Crippen LogP contribution is -2.48. The van der Waals surface area contributed by atoms with Crippen molar-refractivity contribution in [1.29, 1.82) is 0 Å². The minimum atomic E-state index is -0.0213. The third kappa shape index (κ3) is 3.43. The van der Waals surface area contributed by atoms with Crippen LogP contribution in [-0.4, -0.2) is 48.1 Å². The number of fused-ring (bicyclic) bond motifs is 2. The van der Waals surface area contributed by atoms with E-state index in [1.807, 2.05) is 41.3 Å². The van der Waals surface area contributed by atoms with Crippen LogP contribution in [0, 0.1) is 0 Å². The van der Waals surface area contributed by atoms with Crippen LogP contribution >= 0.6 is 11.6 Å². The van der Waals surface area contributed by atoms with Crippen molar-refractivity contribution in [3.8, 4) is 11.5 Å². The number of nitrogens with zero attached hydrogens (tertiary/aromatic N) is 2. The van der Waals surface area contributed by atoms with E-state index in [0.29, 0.717) is 22.9 Å². The predicted molar refractivity (Wildman–Crippen MR) is 98.5 cm³/mol. The molecule has 5 nitrogen and oxygen atoms in total. The molecule has 2 bridgehead atoms. The van der Waals surface area contributed by atoms with E-state index in [-0.39, 0.29) is 6.03 Å². The first-order chi connectivity index (χ1) is 12.1. The summed E-state index contributed by atoms with van der Waals surface area (Å²) in [5.74, 6) is 1.43. The van der Waals surface area contributed by atoms with Crippen LogP contribution in [0.2, 0.25) is 5.02 Å². The Morgan fingerprint density at radius 2 is 1.68 bits per heavy atom. The van der Waals surface area contributed by atoms with Gasteiger partial charge in [-0.15, -0.1) is 0 Å². The van der Waals surface area contributed by atoms with Gasteiger partial charge in [-0.05, 0) is 62.0 Å². The molecule has 0 spiro atoms. The highest BCUT2D eigenvalue weighted by Crippen LogP contribution is 2.30. The lowest BCUT2D eigenvalue weighted by molar-refractivity contribution is 0.161. The summed E-state index contributed by atoms with van der Waals surface area (Å²) in [6.07, 6.45) is 1.08. The second-order valence-corrected chi connectivity index (χ2v) is 7.08. The fourth-order valence-electron chi connectivity index (χ4n) is 3.55. The zero-order chi connectivity index (χ0) is 17.4. The van der Waals surface area contributed by atoms with E-state index >= 15 is 0 Å². The third-order valence-electron chi connectivity index (χ3n) is 4.93. The van der Waals surface area contributed by atoms with Crippen molar-refractivity contribution in [2.75, 3.05) is 25.5 Å². The van der Waals surface area contributed by atoms with E-state index < -0.39 is 0 Å². The molecule has 4 rings (SSSR count). The standard InChI is InChI=1S/C19H20ClN3O2/c1-22-11-16-10-15(22)12-23(16)19(24)21-14-4-8-18(9-5-14)25-17-6-2-13(20)3-7-17/h2-9,15-16H,10-12H2,1H3,(H,21,24)/t15-,16-/m0/s1. The van der Waals surface area contributed by atoms with Gasteiger partial charge in [-0.1, -0.05) is 11.6 Å². The molecule has 2 heterocycles. The van der Waals surface area contributed by atoms with Gasteiger partial charge >= 0.3 is 6.03 Å². The van der Waals surface area contributed by atoms with Gasteiger partial charge in [-0.3, -0.25) is 4.90 Å². The number of anilines is 1. The lowest BCUT2D eigenvalue weighted by Gasteiger charge is -2.31. The summed E-state index contributed by atoms with van der Waals surface area (Å²) in [6, 6.07) is 15.4. The van der Waals surface area contributed by atoms with Crippen LogP contribution in [0.3, 0.4) is 0 Å². The van der Waals surface area contributed by atoms with Crippen molar-refractivity contribution in [3.05, 3.63) is 53.6 Å². The molecule has 2 amide bonds. The molecule has 0 aromatic heterocycles. The minimum Gasteiger partial charge on any atom is -0.457 e. The van der Waals surface area contributed by atoms with Crippen LogP contribution in [0.15, 0.2) is 48.5 Å². The Kier molecular flexibility index (Phi) is 4.27. The molecule has 0 aliphatic carbocycles. The number of likely N-dealkylation sites (tertiary alicyclic amines) is 2. The molecule has 2 aliphatic heterocycles. The maximum absolute atomic E-state index is 12.5. The summed E-state index contributed by atoms with van der Waals surface area (Å²) in [5, 5.41) is 3.65. The van der Waals surface area contributed by atoms with E-state index in [9.17, 15) is 4.79 Å². The SMILES string of the molecule is CN1C[C@@H]2C[C@H]1CN2C(=O)Nc1ccc(Oc2ccc(Cl)cc2)cc1. The molecule has 6 heteroatoms. The number of piperazine rings is 1. The zero-order valence-corrected chi connectivity index (χ0v) is 14.7. The van der Waals surface area contributed by atoms with E-state index in [1.54, 1.807) is 12.1 Å². The van der Waals surface area contributed by atoms with Gasteiger partial charge in [-0.2, -0.15) is 0 Å². The summed E-state index contributed by atoms with van der Waals surface area (Å²) in [5.41, 5.74) is 0.768. The smallest absolute Gasteiger partial charge is 0.322 e.